The predicted molar refractivity (Wildman–Crippen MR) is 61.9 cm³/mol. The molecule has 0 aliphatic heterocycles. The van der Waals surface area contributed by atoms with Gasteiger partial charge in [-0.25, -0.2) is 0 Å². The van der Waals surface area contributed by atoms with E-state index < -0.39 is 0 Å². The van der Waals surface area contributed by atoms with Gasteiger partial charge in [-0.2, -0.15) is 0 Å². The van der Waals surface area contributed by atoms with E-state index in [4.69, 9.17) is 11.1 Å². The summed E-state index contributed by atoms with van der Waals surface area (Å²) < 4.78 is 1.69. The Labute approximate surface area is 96.3 Å². The second-order valence-electron chi connectivity index (χ2n) is 3.61. The molecule has 0 aliphatic carbocycles. The maximum absolute atomic E-state index is 9.72. The lowest BCUT2D eigenvalue weighted by molar-refractivity contribution is -0.117. The first kappa shape index (κ1) is 10.9. The van der Waals surface area contributed by atoms with E-state index in [-0.39, 0.29) is 23.1 Å². The predicted octanol–water partition coefficient (Wildman–Crippen LogP) is -0.253. The Morgan fingerprint density at radius 3 is 2.71 bits per heavy atom. The number of azo groups is 1. The Balaban J connectivity index is 2.62. The van der Waals surface area contributed by atoms with Crippen molar-refractivity contribution < 1.29 is 15.6 Å². The van der Waals surface area contributed by atoms with E-state index in [1.807, 2.05) is 0 Å². The third kappa shape index (κ3) is 1.89. The number of rotatable bonds is 1. The minimum absolute atomic E-state index is 0.0660. The fourth-order valence-corrected chi connectivity index (χ4v) is 1.58. The van der Waals surface area contributed by atoms with Crippen LogP contribution in [0.15, 0.2) is 28.6 Å². The normalized spacial score (nSPS) is 11.4. The number of phenolic OH excluding ortho intramolecular Hbond substituents is 1. The highest BCUT2D eigenvalue weighted by Gasteiger charge is 2.11. The molecule has 2 rings (SSSR count). The van der Waals surface area contributed by atoms with Gasteiger partial charge in [0.2, 0.25) is 0 Å². The summed E-state index contributed by atoms with van der Waals surface area (Å²) in [6, 6.07) is 2.99. The number of nitrogens with zero attached hydrogens (tertiary/aromatic N) is 3. The van der Waals surface area contributed by atoms with Gasteiger partial charge in [0.15, 0.2) is 0 Å². The van der Waals surface area contributed by atoms with Crippen LogP contribution >= 0.6 is 0 Å². The van der Waals surface area contributed by atoms with E-state index in [1.165, 1.54) is 18.3 Å². The fraction of sp³-hybridized carbons (Fsp3) is 0.100. The number of aromatic hydroxyl groups is 2. The van der Waals surface area contributed by atoms with Crippen molar-refractivity contribution >= 4 is 22.5 Å². The summed E-state index contributed by atoms with van der Waals surface area (Å²) in [7, 11) is 1.76. The number of nitrogens with two attached hydrogens (primary N) is 2. The van der Waals surface area contributed by atoms with Crippen molar-refractivity contribution in [3.05, 3.63) is 18.3 Å². The lowest BCUT2D eigenvalue weighted by Crippen LogP contribution is -2.43. The van der Waals surface area contributed by atoms with Crippen LogP contribution in [-0.2, 0) is 7.05 Å². The van der Waals surface area contributed by atoms with Gasteiger partial charge in [-0.05, 0) is 6.07 Å². The Hall–Kier alpha value is -2.57. The minimum Gasteiger partial charge on any atom is -0.506 e. The van der Waals surface area contributed by atoms with Gasteiger partial charge in [-0.15, -0.1) is 0 Å². The monoisotopic (exact) mass is 234 g/mol. The molecule has 2 aromatic rings. The quantitative estimate of drug-likeness (QED) is 0.309. The molecule has 0 spiro atoms. The van der Waals surface area contributed by atoms with Crippen molar-refractivity contribution in [3.63, 3.8) is 0 Å². The van der Waals surface area contributed by atoms with Crippen LogP contribution in [0.25, 0.3) is 10.9 Å². The van der Waals surface area contributed by atoms with E-state index in [0.29, 0.717) is 10.9 Å². The molecular weight excluding hydrogens is 222 g/mol. The number of guanidine groups is 1. The second kappa shape index (κ2) is 3.78. The number of fused-ring (bicyclic) bond motifs is 1. The molecule has 0 saturated heterocycles. The smallest absolute Gasteiger partial charge is 0.403 e. The van der Waals surface area contributed by atoms with Crippen LogP contribution < -0.4 is 11.1 Å². The molecule has 0 unspecified atom stereocenters. The molecule has 0 amide bonds. The van der Waals surface area contributed by atoms with Gasteiger partial charge < -0.3 is 14.8 Å². The van der Waals surface area contributed by atoms with E-state index in [1.54, 1.807) is 11.6 Å². The highest BCUT2D eigenvalue weighted by molar-refractivity contribution is 5.91. The second-order valence-corrected chi connectivity index (χ2v) is 3.61. The molecule has 0 fully saturated rings. The van der Waals surface area contributed by atoms with Gasteiger partial charge in [0, 0.05) is 29.8 Å². The molecular formula is C10H12N5O2+. The van der Waals surface area contributed by atoms with E-state index in [2.05, 4.69) is 10.2 Å². The Morgan fingerprint density at radius 1 is 1.35 bits per heavy atom. The van der Waals surface area contributed by atoms with E-state index in [9.17, 15) is 10.2 Å². The van der Waals surface area contributed by atoms with Crippen molar-refractivity contribution in [2.75, 3.05) is 0 Å². The first-order valence-electron chi connectivity index (χ1n) is 4.79. The molecule has 7 heteroatoms. The van der Waals surface area contributed by atoms with Gasteiger partial charge in [0.1, 0.15) is 17.2 Å². The first-order chi connectivity index (χ1) is 7.99. The molecule has 1 aromatic heterocycles. The van der Waals surface area contributed by atoms with Crippen LogP contribution in [0.2, 0.25) is 0 Å². The van der Waals surface area contributed by atoms with Crippen LogP contribution in [0.1, 0.15) is 0 Å². The van der Waals surface area contributed by atoms with Gasteiger partial charge >= 0.3 is 5.96 Å². The molecule has 88 valence electrons. The average molecular weight is 234 g/mol. The van der Waals surface area contributed by atoms with Crippen LogP contribution in [0.4, 0.5) is 5.69 Å². The minimum atomic E-state index is -0.207. The van der Waals surface area contributed by atoms with Crippen molar-refractivity contribution in [2.45, 2.75) is 0 Å². The molecule has 0 bridgehead atoms. The third-order valence-electron chi connectivity index (χ3n) is 2.34. The summed E-state index contributed by atoms with van der Waals surface area (Å²) in [5.74, 6) is -0.172. The number of hydrogen-bond acceptors (Lipinski definition) is 3. The van der Waals surface area contributed by atoms with Crippen LogP contribution in [-0.4, -0.2) is 20.7 Å². The molecule has 1 aromatic carbocycles. The Bertz CT molecular complexity index is 629. The van der Waals surface area contributed by atoms with Gasteiger partial charge in [0.25, 0.3) is 0 Å². The highest BCUT2D eigenvalue weighted by atomic mass is 16.3. The zero-order valence-corrected chi connectivity index (χ0v) is 9.12. The summed E-state index contributed by atoms with van der Waals surface area (Å²) in [6.45, 7) is 0. The van der Waals surface area contributed by atoms with E-state index >= 15 is 0 Å². The maximum atomic E-state index is 9.72. The average Bonchev–Trinajstić information content (AvgIpc) is 2.51. The SMILES string of the molecule is Cn1cc(O)c2cc(N=NC(N)=[NH2+])c(O)cc21. The number of aromatic nitrogens is 1. The van der Waals surface area contributed by atoms with Crippen molar-refractivity contribution in [3.8, 4) is 11.5 Å². The molecule has 0 atom stereocenters. The molecule has 7 nitrogen and oxygen atoms in total. The summed E-state index contributed by atoms with van der Waals surface area (Å²) in [6.07, 6.45) is 1.54. The summed E-state index contributed by atoms with van der Waals surface area (Å²) in [4.78, 5) is 0. The molecule has 0 aliphatic rings. The summed E-state index contributed by atoms with van der Waals surface area (Å²) in [5, 5.41) is 32.2. The number of phenols is 1. The summed E-state index contributed by atoms with van der Waals surface area (Å²) >= 11 is 0. The first-order valence-corrected chi connectivity index (χ1v) is 4.79. The van der Waals surface area contributed by atoms with Crippen molar-refractivity contribution in [1.82, 2.24) is 4.57 Å². The molecule has 1 heterocycles. The van der Waals surface area contributed by atoms with Crippen molar-refractivity contribution in [1.29, 1.82) is 0 Å². The topological polar surface area (TPSA) is 122 Å². The fourth-order valence-electron chi connectivity index (χ4n) is 1.58. The zero-order valence-electron chi connectivity index (χ0n) is 9.12. The highest BCUT2D eigenvalue weighted by Crippen LogP contribution is 2.36. The standard InChI is InChI=1S/C10H11N5O2/c1-15-4-9(17)5-2-6(13-14-10(11)12)8(16)3-7(5)15/h2-4,16-17H,1H3,(H3,11,12)/p+1. The number of benzene rings is 1. The maximum Gasteiger partial charge on any atom is 0.403 e. The largest absolute Gasteiger partial charge is 0.506 e. The van der Waals surface area contributed by atoms with Crippen LogP contribution in [0.5, 0.6) is 11.5 Å². The molecule has 0 saturated carbocycles. The van der Waals surface area contributed by atoms with Gasteiger partial charge in [-0.1, -0.05) is 5.11 Å². The zero-order chi connectivity index (χ0) is 12.6. The number of aryl methyl sites for hydroxylation is 1. The molecule has 17 heavy (non-hydrogen) atoms. The lowest BCUT2D eigenvalue weighted by atomic mass is 10.2. The van der Waals surface area contributed by atoms with Gasteiger partial charge in [0.05, 0.1) is 5.52 Å². The van der Waals surface area contributed by atoms with Crippen LogP contribution in [0, 0.1) is 0 Å². The van der Waals surface area contributed by atoms with E-state index in [0.717, 1.165) is 0 Å². The Morgan fingerprint density at radius 2 is 2.06 bits per heavy atom. The van der Waals surface area contributed by atoms with Crippen LogP contribution in [0.3, 0.4) is 0 Å². The lowest BCUT2D eigenvalue weighted by Gasteiger charge is -1.99. The third-order valence-corrected chi connectivity index (χ3v) is 2.34. The molecule has 0 radical (unpaired) electrons. The number of hydrogen-bond donors (Lipinski definition) is 4. The van der Waals surface area contributed by atoms with Gasteiger partial charge in [-0.3, -0.25) is 11.1 Å². The molecule has 6 N–H and O–H groups in total. The Kier molecular flexibility index (Phi) is 2.43. The van der Waals surface area contributed by atoms with Crippen molar-refractivity contribution in [2.24, 2.45) is 23.0 Å². The summed E-state index contributed by atoms with van der Waals surface area (Å²) in [5.41, 5.74) is 6.01.